The van der Waals surface area contributed by atoms with Crippen LogP contribution in [-0.4, -0.2) is 29.4 Å². The molecular weight excluding hydrogens is 408 g/mol. The molecule has 0 bridgehead atoms. The highest BCUT2D eigenvalue weighted by Crippen LogP contribution is 2.37. The third-order valence-electron chi connectivity index (χ3n) is 6.65. The first-order valence-corrected chi connectivity index (χ1v) is 11.3. The zero-order valence-electron chi connectivity index (χ0n) is 19.3. The SMILES string of the molecule is CC1=CC(C)CC(C)=C1c1cnc2[nH]cc(-c3ccn4ncc(-c5cnn(C)c5)c4c3)c2c1. The molecule has 0 aromatic carbocycles. The third kappa shape index (κ3) is 3.21. The number of aromatic nitrogens is 6. The normalized spacial score (nSPS) is 16.7. The fraction of sp³-hybridized carbons (Fsp3) is 0.222. The Labute approximate surface area is 192 Å². The Morgan fingerprint density at radius 3 is 2.67 bits per heavy atom. The molecule has 0 fully saturated rings. The van der Waals surface area contributed by atoms with Gasteiger partial charge >= 0.3 is 0 Å². The van der Waals surface area contributed by atoms with Crippen LogP contribution in [0.2, 0.25) is 0 Å². The number of nitrogens with one attached hydrogen (secondary N) is 1. The van der Waals surface area contributed by atoms with E-state index in [9.17, 15) is 0 Å². The second-order valence-corrected chi connectivity index (χ2v) is 9.22. The van der Waals surface area contributed by atoms with Crippen molar-refractivity contribution in [2.75, 3.05) is 0 Å². The van der Waals surface area contributed by atoms with Gasteiger partial charge in [0.1, 0.15) is 5.65 Å². The Kier molecular flexibility index (Phi) is 4.37. The maximum atomic E-state index is 4.77. The van der Waals surface area contributed by atoms with E-state index in [0.29, 0.717) is 5.92 Å². The second kappa shape index (κ2) is 7.30. The minimum Gasteiger partial charge on any atom is -0.346 e. The van der Waals surface area contributed by atoms with Crippen LogP contribution >= 0.6 is 0 Å². The first kappa shape index (κ1) is 19.7. The van der Waals surface area contributed by atoms with Gasteiger partial charge in [-0.05, 0) is 61.1 Å². The minimum absolute atomic E-state index is 0.588. The van der Waals surface area contributed by atoms with E-state index in [1.54, 1.807) is 0 Å². The summed E-state index contributed by atoms with van der Waals surface area (Å²) >= 11 is 0. The lowest BCUT2D eigenvalue weighted by Gasteiger charge is -2.22. The van der Waals surface area contributed by atoms with Crippen LogP contribution < -0.4 is 0 Å². The predicted octanol–water partition coefficient (Wildman–Crippen LogP) is 6.04. The van der Waals surface area contributed by atoms with Crippen LogP contribution in [0.1, 0.15) is 32.8 Å². The van der Waals surface area contributed by atoms with Crippen LogP contribution in [0.15, 0.2) is 72.6 Å². The summed E-state index contributed by atoms with van der Waals surface area (Å²) in [5, 5.41) is 9.99. The molecule has 1 atom stereocenters. The average Bonchev–Trinajstić information content (AvgIpc) is 3.50. The van der Waals surface area contributed by atoms with E-state index in [1.165, 1.54) is 22.3 Å². The van der Waals surface area contributed by atoms with Crippen molar-refractivity contribution in [3.05, 3.63) is 78.2 Å². The molecule has 164 valence electrons. The van der Waals surface area contributed by atoms with Gasteiger partial charge in [-0.15, -0.1) is 0 Å². The number of hydrogen-bond acceptors (Lipinski definition) is 3. The van der Waals surface area contributed by atoms with E-state index >= 15 is 0 Å². The maximum absolute atomic E-state index is 4.77. The summed E-state index contributed by atoms with van der Waals surface area (Å²) in [4.78, 5) is 8.13. The van der Waals surface area contributed by atoms with E-state index in [2.05, 4.69) is 66.4 Å². The molecule has 6 rings (SSSR count). The molecule has 6 nitrogen and oxygen atoms in total. The van der Waals surface area contributed by atoms with E-state index in [1.807, 2.05) is 47.2 Å². The van der Waals surface area contributed by atoms with E-state index in [-0.39, 0.29) is 0 Å². The van der Waals surface area contributed by atoms with E-state index < -0.39 is 0 Å². The van der Waals surface area contributed by atoms with Crippen LogP contribution in [-0.2, 0) is 7.05 Å². The Hall–Kier alpha value is -3.93. The van der Waals surface area contributed by atoms with Crippen molar-refractivity contribution < 1.29 is 0 Å². The van der Waals surface area contributed by atoms with Gasteiger partial charge in [-0.2, -0.15) is 10.2 Å². The fourth-order valence-electron chi connectivity index (χ4n) is 5.27. The van der Waals surface area contributed by atoms with Crippen molar-refractivity contribution in [3.8, 4) is 22.3 Å². The molecule has 1 N–H and O–H groups in total. The topological polar surface area (TPSA) is 63.8 Å². The molecule has 1 aliphatic carbocycles. The smallest absolute Gasteiger partial charge is 0.137 e. The van der Waals surface area contributed by atoms with Crippen molar-refractivity contribution in [1.29, 1.82) is 0 Å². The lowest BCUT2D eigenvalue weighted by atomic mass is 9.84. The summed E-state index contributed by atoms with van der Waals surface area (Å²) in [6, 6.07) is 6.59. The van der Waals surface area contributed by atoms with Gasteiger partial charge in [0, 0.05) is 59.5 Å². The van der Waals surface area contributed by atoms with Crippen LogP contribution in [0.5, 0.6) is 0 Å². The van der Waals surface area contributed by atoms with Crippen LogP contribution in [0, 0.1) is 5.92 Å². The Bertz CT molecular complexity index is 1590. The van der Waals surface area contributed by atoms with Crippen LogP contribution in [0.4, 0.5) is 0 Å². The molecule has 1 aliphatic rings. The summed E-state index contributed by atoms with van der Waals surface area (Å²) in [5.41, 5.74) is 11.6. The third-order valence-corrected chi connectivity index (χ3v) is 6.65. The van der Waals surface area contributed by atoms with Gasteiger partial charge in [-0.3, -0.25) is 4.68 Å². The highest BCUT2D eigenvalue weighted by molar-refractivity contribution is 5.97. The first-order chi connectivity index (χ1) is 16.0. The van der Waals surface area contributed by atoms with E-state index in [0.717, 1.165) is 45.2 Å². The Morgan fingerprint density at radius 2 is 1.88 bits per heavy atom. The van der Waals surface area contributed by atoms with Crippen molar-refractivity contribution in [2.24, 2.45) is 13.0 Å². The summed E-state index contributed by atoms with van der Waals surface area (Å²) in [7, 11) is 1.93. The number of rotatable bonds is 3. The summed E-state index contributed by atoms with van der Waals surface area (Å²) in [6.07, 6.45) is 15.3. The Morgan fingerprint density at radius 1 is 1.00 bits per heavy atom. The standard InChI is InChI=1S/C27H26N6/c1-16-7-17(2)26(18(3)8-16)20-9-22-23(13-29-27(22)28-11-20)19-5-6-33-25(10-19)24(14-31-33)21-12-30-32(4)15-21/h5-7,9-16H,8H2,1-4H3,(H,28,29). The van der Waals surface area contributed by atoms with Crippen LogP contribution in [0.25, 0.3) is 44.4 Å². The molecule has 0 saturated heterocycles. The molecular formula is C27H26N6. The van der Waals surface area contributed by atoms with Crippen LogP contribution in [0.3, 0.4) is 0 Å². The summed E-state index contributed by atoms with van der Waals surface area (Å²) < 4.78 is 3.73. The highest BCUT2D eigenvalue weighted by atomic mass is 15.2. The molecule has 0 radical (unpaired) electrons. The number of aromatic amines is 1. The predicted molar refractivity (Wildman–Crippen MR) is 133 cm³/mol. The summed E-state index contributed by atoms with van der Waals surface area (Å²) in [5.74, 6) is 0.588. The van der Waals surface area contributed by atoms with Crippen molar-refractivity contribution >= 4 is 22.1 Å². The number of pyridine rings is 2. The largest absolute Gasteiger partial charge is 0.346 e. The molecule has 33 heavy (non-hydrogen) atoms. The first-order valence-electron chi connectivity index (χ1n) is 11.3. The van der Waals surface area contributed by atoms with Gasteiger partial charge in [-0.1, -0.05) is 18.6 Å². The highest BCUT2D eigenvalue weighted by Gasteiger charge is 2.18. The minimum atomic E-state index is 0.588. The molecule has 0 spiro atoms. The quantitative estimate of drug-likeness (QED) is 0.377. The molecule has 6 heteroatoms. The molecule has 5 aromatic heterocycles. The van der Waals surface area contributed by atoms with Gasteiger partial charge < -0.3 is 4.98 Å². The molecule has 5 heterocycles. The number of allylic oxidation sites excluding steroid dienone is 4. The molecule has 1 unspecified atom stereocenters. The Balaban J connectivity index is 1.49. The lowest BCUT2D eigenvalue weighted by molar-refractivity contribution is 0.703. The van der Waals surface area contributed by atoms with Gasteiger partial charge in [0.05, 0.1) is 17.9 Å². The monoisotopic (exact) mass is 434 g/mol. The maximum Gasteiger partial charge on any atom is 0.137 e. The van der Waals surface area contributed by atoms with Gasteiger partial charge in [0.2, 0.25) is 0 Å². The molecule has 5 aromatic rings. The summed E-state index contributed by atoms with van der Waals surface area (Å²) in [6.45, 7) is 6.74. The van der Waals surface area contributed by atoms with Crippen molar-refractivity contribution in [1.82, 2.24) is 29.4 Å². The van der Waals surface area contributed by atoms with Gasteiger partial charge in [0.15, 0.2) is 0 Å². The average molecular weight is 435 g/mol. The molecule has 0 saturated carbocycles. The van der Waals surface area contributed by atoms with Crippen molar-refractivity contribution in [2.45, 2.75) is 27.2 Å². The number of aryl methyl sites for hydroxylation is 1. The number of H-pyrrole nitrogens is 1. The zero-order valence-corrected chi connectivity index (χ0v) is 19.3. The lowest BCUT2D eigenvalue weighted by Crippen LogP contribution is -2.04. The van der Waals surface area contributed by atoms with Gasteiger partial charge in [0.25, 0.3) is 0 Å². The van der Waals surface area contributed by atoms with E-state index in [4.69, 9.17) is 4.98 Å². The number of hydrogen-bond donors (Lipinski definition) is 1. The molecule has 0 aliphatic heterocycles. The van der Waals surface area contributed by atoms with Crippen molar-refractivity contribution in [3.63, 3.8) is 0 Å². The van der Waals surface area contributed by atoms with Gasteiger partial charge in [-0.25, -0.2) is 9.50 Å². The number of fused-ring (bicyclic) bond motifs is 2. The zero-order chi connectivity index (χ0) is 22.7. The fourth-order valence-corrected chi connectivity index (χ4v) is 5.27. The second-order valence-electron chi connectivity index (χ2n) is 9.22. The molecule has 0 amide bonds. The number of nitrogens with zero attached hydrogens (tertiary/aromatic N) is 5.